The molecule has 0 spiro atoms. The highest BCUT2D eigenvalue weighted by Crippen LogP contribution is 2.43. The fourth-order valence-electron chi connectivity index (χ4n) is 4.07. The number of aldehydes is 1. The Morgan fingerprint density at radius 3 is 2.38 bits per heavy atom. The molecular formula is C23H34O6. The number of carbonyl (C=O) groups excluding carboxylic acids is 3. The lowest BCUT2D eigenvalue weighted by Crippen LogP contribution is -2.38. The van der Waals surface area contributed by atoms with Crippen LogP contribution in [-0.2, 0) is 28.6 Å². The van der Waals surface area contributed by atoms with E-state index in [0.29, 0.717) is 24.0 Å². The molecular weight excluding hydrogens is 372 g/mol. The highest BCUT2D eigenvalue weighted by atomic mass is 16.7. The Morgan fingerprint density at radius 2 is 1.76 bits per heavy atom. The molecule has 0 amide bonds. The van der Waals surface area contributed by atoms with Crippen molar-refractivity contribution in [3.05, 3.63) is 23.5 Å². The monoisotopic (exact) mass is 406 g/mol. The van der Waals surface area contributed by atoms with Crippen molar-refractivity contribution in [3.63, 3.8) is 0 Å². The van der Waals surface area contributed by atoms with Gasteiger partial charge in [-0.3, -0.25) is 9.59 Å². The summed E-state index contributed by atoms with van der Waals surface area (Å²) in [5.74, 6) is -1.54. The first kappa shape index (κ1) is 23.2. The van der Waals surface area contributed by atoms with Crippen LogP contribution in [0.5, 0.6) is 0 Å². The molecule has 0 bridgehead atoms. The molecule has 2 aliphatic rings. The molecule has 0 saturated heterocycles. The molecule has 6 nitrogen and oxygen atoms in total. The van der Waals surface area contributed by atoms with Crippen LogP contribution >= 0.6 is 0 Å². The quantitative estimate of drug-likeness (QED) is 0.252. The zero-order valence-corrected chi connectivity index (χ0v) is 17.7. The number of carbonyl (C=O) groups is 3. The van der Waals surface area contributed by atoms with E-state index in [1.807, 2.05) is 0 Å². The molecule has 3 atom stereocenters. The second-order valence-corrected chi connectivity index (χ2v) is 7.83. The Kier molecular flexibility index (Phi) is 9.95. The highest BCUT2D eigenvalue weighted by Gasteiger charge is 2.45. The predicted octanol–water partition coefficient (Wildman–Crippen LogP) is 4.63. The largest absolute Gasteiger partial charge is 0.466 e. The van der Waals surface area contributed by atoms with Gasteiger partial charge in [0.2, 0.25) is 0 Å². The molecule has 6 heteroatoms. The minimum Gasteiger partial charge on any atom is -0.466 e. The van der Waals surface area contributed by atoms with E-state index >= 15 is 0 Å². The van der Waals surface area contributed by atoms with Crippen molar-refractivity contribution in [2.75, 3.05) is 7.11 Å². The van der Waals surface area contributed by atoms with Crippen LogP contribution in [0.4, 0.5) is 0 Å². The van der Waals surface area contributed by atoms with Crippen LogP contribution < -0.4 is 0 Å². The van der Waals surface area contributed by atoms with Gasteiger partial charge in [-0.1, -0.05) is 64.4 Å². The van der Waals surface area contributed by atoms with E-state index in [2.05, 4.69) is 6.92 Å². The summed E-state index contributed by atoms with van der Waals surface area (Å²) in [4.78, 5) is 35.6. The molecule has 1 aliphatic carbocycles. The molecule has 0 aromatic rings. The van der Waals surface area contributed by atoms with Gasteiger partial charge in [-0.25, -0.2) is 4.79 Å². The van der Waals surface area contributed by atoms with Crippen LogP contribution in [0.1, 0.15) is 77.6 Å². The van der Waals surface area contributed by atoms with Gasteiger partial charge in [0.1, 0.15) is 6.29 Å². The van der Waals surface area contributed by atoms with Gasteiger partial charge in [-0.05, 0) is 18.4 Å². The SMILES string of the molecule is CCCCCCCCCCCC(=O)OC1OC=C(C(=O)OC)C2CC=C(C=O)C12. The minimum absolute atomic E-state index is 0.262. The Labute approximate surface area is 173 Å². The van der Waals surface area contributed by atoms with E-state index in [-0.39, 0.29) is 11.9 Å². The lowest BCUT2D eigenvalue weighted by Gasteiger charge is -2.33. The van der Waals surface area contributed by atoms with Crippen molar-refractivity contribution >= 4 is 18.2 Å². The summed E-state index contributed by atoms with van der Waals surface area (Å²) in [6.45, 7) is 2.22. The maximum absolute atomic E-state index is 12.3. The van der Waals surface area contributed by atoms with E-state index in [0.717, 1.165) is 25.5 Å². The Morgan fingerprint density at radius 1 is 1.10 bits per heavy atom. The van der Waals surface area contributed by atoms with Gasteiger partial charge >= 0.3 is 11.9 Å². The first-order chi connectivity index (χ1) is 14.1. The number of allylic oxidation sites excluding steroid dienone is 1. The fraction of sp³-hybridized carbons (Fsp3) is 0.696. The second-order valence-electron chi connectivity index (χ2n) is 7.83. The van der Waals surface area contributed by atoms with Crippen molar-refractivity contribution in [2.45, 2.75) is 83.8 Å². The second kappa shape index (κ2) is 12.5. The van der Waals surface area contributed by atoms with E-state index in [1.54, 1.807) is 6.08 Å². The Hall–Kier alpha value is -2.11. The van der Waals surface area contributed by atoms with Gasteiger partial charge in [-0.2, -0.15) is 0 Å². The number of esters is 2. The third-order valence-electron chi connectivity index (χ3n) is 5.74. The maximum atomic E-state index is 12.3. The fourth-order valence-corrected chi connectivity index (χ4v) is 4.07. The summed E-state index contributed by atoms with van der Waals surface area (Å²) in [6, 6.07) is 0. The molecule has 0 fully saturated rings. The van der Waals surface area contributed by atoms with E-state index in [1.165, 1.54) is 51.9 Å². The summed E-state index contributed by atoms with van der Waals surface area (Å²) >= 11 is 0. The highest BCUT2D eigenvalue weighted by molar-refractivity contribution is 5.90. The summed E-state index contributed by atoms with van der Waals surface area (Å²) in [7, 11) is 1.30. The first-order valence-corrected chi connectivity index (χ1v) is 10.9. The molecule has 0 saturated carbocycles. The molecule has 1 heterocycles. The average Bonchev–Trinajstić information content (AvgIpc) is 3.17. The van der Waals surface area contributed by atoms with Crippen LogP contribution in [0.25, 0.3) is 0 Å². The van der Waals surface area contributed by atoms with E-state index in [9.17, 15) is 14.4 Å². The summed E-state index contributed by atoms with van der Waals surface area (Å²) in [5.41, 5.74) is 0.877. The van der Waals surface area contributed by atoms with E-state index < -0.39 is 18.2 Å². The number of hydrogen-bond acceptors (Lipinski definition) is 6. The average molecular weight is 407 g/mol. The van der Waals surface area contributed by atoms with Crippen molar-refractivity contribution in [1.29, 1.82) is 0 Å². The van der Waals surface area contributed by atoms with Crippen molar-refractivity contribution < 1.29 is 28.6 Å². The van der Waals surface area contributed by atoms with Crippen LogP contribution in [0, 0.1) is 11.8 Å². The Bertz CT molecular complexity index is 621. The molecule has 0 radical (unpaired) electrons. The van der Waals surface area contributed by atoms with Gasteiger partial charge < -0.3 is 14.2 Å². The molecule has 3 unspecified atom stereocenters. The topological polar surface area (TPSA) is 78.9 Å². The molecule has 29 heavy (non-hydrogen) atoms. The number of unbranched alkanes of at least 4 members (excludes halogenated alkanes) is 8. The third kappa shape index (κ3) is 6.72. The van der Waals surface area contributed by atoms with Gasteiger partial charge in [0.25, 0.3) is 6.29 Å². The van der Waals surface area contributed by atoms with Crippen molar-refractivity contribution in [2.24, 2.45) is 11.8 Å². The standard InChI is InChI=1S/C23H34O6/c1-3-4-5-6-7-8-9-10-11-12-20(25)29-23-21-17(15-24)13-14-18(21)19(16-28-23)22(26)27-2/h13,15-16,18,21,23H,3-12,14H2,1-2H3. The molecule has 0 N–H and O–H groups in total. The smallest absolute Gasteiger partial charge is 0.337 e. The molecule has 0 aromatic heterocycles. The third-order valence-corrected chi connectivity index (χ3v) is 5.74. The number of ether oxygens (including phenoxy) is 3. The normalized spacial score (nSPS) is 22.8. The number of fused-ring (bicyclic) bond motifs is 1. The van der Waals surface area contributed by atoms with Crippen LogP contribution in [-0.4, -0.2) is 31.6 Å². The molecule has 2 rings (SSSR count). The summed E-state index contributed by atoms with van der Waals surface area (Å²) in [6.07, 6.45) is 14.4. The van der Waals surface area contributed by atoms with E-state index in [4.69, 9.17) is 14.2 Å². The number of methoxy groups -OCH3 is 1. The lowest BCUT2D eigenvalue weighted by molar-refractivity contribution is -0.182. The van der Waals surface area contributed by atoms with Crippen LogP contribution in [0.15, 0.2) is 23.5 Å². The lowest BCUT2D eigenvalue weighted by atomic mass is 9.83. The van der Waals surface area contributed by atoms with Crippen LogP contribution in [0.2, 0.25) is 0 Å². The summed E-state index contributed by atoms with van der Waals surface area (Å²) in [5, 5.41) is 0. The summed E-state index contributed by atoms with van der Waals surface area (Å²) < 4.78 is 15.8. The van der Waals surface area contributed by atoms with Crippen molar-refractivity contribution in [1.82, 2.24) is 0 Å². The minimum atomic E-state index is -0.876. The zero-order valence-electron chi connectivity index (χ0n) is 17.7. The van der Waals surface area contributed by atoms with Gasteiger partial charge in [0, 0.05) is 12.3 Å². The maximum Gasteiger partial charge on any atom is 0.337 e. The Balaban J connectivity index is 1.75. The number of rotatable bonds is 13. The zero-order chi connectivity index (χ0) is 21.1. The predicted molar refractivity (Wildman–Crippen MR) is 109 cm³/mol. The first-order valence-electron chi connectivity index (χ1n) is 10.9. The molecule has 1 aliphatic heterocycles. The number of hydrogen-bond donors (Lipinski definition) is 0. The van der Waals surface area contributed by atoms with Gasteiger partial charge in [-0.15, -0.1) is 0 Å². The molecule has 0 aromatic carbocycles. The van der Waals surface area contributed by atoms with Gasteiger partial charge in [0.15, 0.2) is 0 Å². The van der Waals surface area contributed by atoms with Crippen molar-refractivity contribution in [3.8, 4) is 0 Å². The van der Waals surface area contributed by atoms with Crippen LogP contribution in [0.3, 0.4) is 0 Å². The van der Waals surface area contributed by atoms with Gasteiger partial charge in [0.05, 0.1) is 24.9 Å². The molecule has 162 valence electrons.